The molecular weight excluding hydrogens is 380 g/mol. The lowest BCUT2D eigenvalue weighted by atomic mass is 10.0. The van der Waals surface area contributed by atoms with Crippen LogP contribution >= 0.6 is 0 Å². The van der Waals surface area contributed by atoms with Crippen molar-refractivity contribution in [3.05, 3.63) is 52.4 Å². The summed E-state index contributed by atoms with van der Waals surface area (Å²) in [6.45, 7) is 3.87. The van der Waals surface area contributed by atoms with Crippen molar-refractivity contribution in [3.63, 3.8) is 0 Å². The highest BCUT2D eigenvalue weighted by atomic mass is 32.2. The molecule has 2 aromatic rings. The fourth-order valence-corrected chi connectivity index (χ4v) is 5.40. The minimum absolute atomic E-state index is 0.0380. The van der Waals surface area contributed by atoms with Crippen LogP contribution in [0.2, 0.25) is 0 Å². The van der Waals surface area contributed by atoms with Crippen molar-refractivity contribution in [2.75, 3.05) is 5.32 Å². The van der Waals surface area contributed by atoms with Crippen LogP contribution in [-0.4, -0.2) is 40.5 Å². The summed E-state index contributed by atoms with van der Waals surface area (Å²) < 4.78 is 28.7. The molecule has 2 atom stereocenters. The number of sulfonamides is 1. The number of piperidine rings is 1. The lowest BCUT2D eigenvalue weighted by molar-refractivity contribution is 0.102. The largest absolute Gasteiger partial charge is 0.321 e. The molecular formula is C19H24N4O4S. The van der Waals surface area contributed by atoms with Crippen molar-refractivity contribution in [3.8, 4) is 0 Å². The van der Waals surface area contributed by atoms with Gasteiger partial charge in [0, 0.05) is 30.9 Å². The third-order valence-electron chi connectivity index (χ3n) is 4.99. The second-order valence-corrected chi connectivity index (χ2v) is 8.97. The van der Waals surface area contributed by atoms with Crippen molar-refractivity contribution >= 4 is 21.6 Å². The van der Waals surface area contributed by atoms with Crippen LogP contribution in [0.15, 0.2) is 46.1 Å². The van der Waals surface area contributed by atoms with Crippen LogP contribution in [0, 0.1) is 0 Å². The molecule has 0 saturated carbocycles. The van der Waals surface area contributed by atoms with E-state index < -0.39 is 15.9 Å². The van der Waals surface area contributed by atoms with Crippen LogP contribution < -0.4 is 10.9 Å². The first-order chi connectivity index (χ1) is 13.2. The van der Waals surface area contributed by atoms with E-state index in [-0.39, 0.29) is 28.2 Å². The highest BCUT2D eigenvalue weighted by Gasteiger charge is 2.35. The van der Waals surface area contributed by atoms with Gasteiger partial charge in [0.05, 0.1) is 4.90 Å². The fraction of sp³-hybridized carbons (Fsp3) is 0.421. The topological polar surface area (TPSA) is 101 Å². The summed E-state index contributed by atoms with van der Waals surface area (Å²) >= 11 is 0. The van der Waals surface area contributed by atoms with Gasteiger partial charge in [0.1, 0.15) is 5.69 Å². The molecule has 1 amide bonds. The molecule has 8 nitrogen and oxygen atoms in total. The Morgan fingerprint density at radius 3 is 2.25 bits per heavy atom. The minimum atomic E-state index is -3.60. The molecule has 2 heterocycles. The van der Waals surface area contributed by atoms with Crippen LogP contribution in [0.5, 0.6) is 0 Å². The zero-order valence-corrected chi connectivity index (χ0v) is 16.9. The maximum absolute atomic E-state index is 13.0. The van der Waals surface area contributed by atoms with E-state index in [1.54, 1.807) is 16.4 Å². The van der Waals surface area contributed by atoms with Gasteiger partial charge in [-0.05, 0) is 57.0 Å². The summed E-state index contributed by atoms with van der Waals surface area (Å²) in [4.78, 5) is 23.8. The molecule has 1 N–H and O–H groups in total. The number of carbonyl (C=O) groups excluding carboxylic acids is 1. The molecule has 1 aliphatic rings. The van der Waals surface area contributed by atoms with E-state index in [1.165, 1.54) is 31.3 Å². The first kappa shape index (κ1) is 20.2. The second-order valence-electron chi connectivity index (χ2n) is 7.12. The molecule has 150 valence electrons. The van der Waals surface area contributed by atoms with Gasteiger partial charge in [-0.2, -0.15) is 9.40 Å². The molecule has 9 heteroatoms. The van der Waals surface area contributed by atoms with E-state index in [9.17, 15) is 18.0 Å². The number of benzene rings is 1. The predicted octanol–water partition coefficient (Wildman–Crippen LogP) is 1.98. The van der Waals surface area contributed by atoms with E-state index >= 15 is 0 Å². The number of carbonyl (C=O) groups is 1. The van der Waals surface area contributed by atoms with Gasteiger partial charge in [-0.25, -0.2) is 13.1 Å². The number of rotatable bonds is 4. The average molecular weight is 404 g/mol. The van der Waals surface area contributed by atoms with Crippen LogP contribution in [0.1, 0.15) is 43.6 Å². The third-order valence-corrected chi connectivity index (χ3v) is 7.14. The third kappa shape index (κ3) is 4.00. The predicted molar refractivity (Wildman–Crippen MR) is 106 cm³/mol. The Labute approximate surface area is 164 Å². The Kier molecular flexibility index (Phi) is 5.66. The smallest absolute Gasteiger partial charge is 0.276 e. The zero-order valence-electron chi connectivity index (χ0n) is 16.1. The molecule has 1 aliphatic heterocycles. The Balaban J connectivity index is 1.78. The van der Waals surface area contributed by atoms with Crippen LogP contribution in [0.3, 0.4) is 0 Å². The zero-order chi connectivity index (χ0) is 20.5. The summed E-state index contributed by atoms with van der Waals surface area (Å²) in [5.41, 5.74) is 0.224. The van der Waals surface area contributed by atoms with Crippen molar-refractivity contribution in [2.24, 2.45) is 7.05 Å². The molecule has 28 heavy (non-hydrogen) atoms. The number of anilines is 1. The Hall–Kier alpha value is -2.52. The number of nitrogens with one attached hydrogen (secondary N) is 1. The van der Waals surface area contributed by atoms with Gasteiger partial charge < -0.3 is 5.32 Å². The van der Waals surface area contributed by atoms with Gasteiger partial charge in [-0.3, -0.25) is 9.59 Å². The summed E-state index contributed by atoms with van der Waals surface area (Å²) in [5.74, 6) is -0.482. The maximum Gasteiger partial charge on any atom is 0.276 e. The molecule has 1 aromatic carbocycles. The van der Waals surface area contributed by atoms with Crippen LogP contribution in [0.25, 0.3) is 0 Å². The van der Waals surface area contributed by atoms with E-state index in [0.29, 0.717) is 5.69 Å². The van der Waals surface area contributed by atoms with Crippen molar-refractivity contribution in [2.45, 2.75) is 50.1 Å². The molecule has 0 spiro atoms. The lowest BCUT2D eigenvalue weighted by Gasteiger charge is -2.37. The van der Waals surface area contributed by atoms with E-state index in [1.807, 2.05) is 13.8 Å². The monoisotopic (exact) mass is 404 g/mol. The normalized spacial score (nSPS) is 20.7. The molecule has 2 unspecified atom stereocenters. The fourth-order valence-electron chi connectivity index (χ4n) is 3.52. The quantitative estimate of drug-likeness (QED) is 0.840. The van der Waals surface area contributed by atoms with Gasteiger partial charge in [0.25, 0.3) is 11.5 Å². The van der Waals surface area contributed by atoms with Gasteiger partial charge >= 0.3 is 0 Å². The number of aromatic nitrogens is 2. The van der Waals surface area contributed by atoms with Gasteiger partial charge in [0.15, 0.2) is 0 Å². The van der Waals surface area contributed by atoms with Gasteiger partial charge in [-0.15, -0.1) is 0 Å². The molecule has 3 rings (SSSR count). The Morgan fingerprint density at radius 2 is 1.68 bits per heavy atom. The number of hydrogen-bond donors (Lipinski definition) is 1. The number of hydrogen-bond acceptors (Lipinski definition) is 5. The number of aryl methyl sites for hydroxylation is 1. The molecule has 0 bridgehead atoms. The average Bonchev–Trinajstić information content (AvgIpc) is 2.64. The van der Waals surface area contributed by atoms with Crippen molar-refractivity contribution < 1.29 is 13.2 Å². The summed E-state index contributed by atoms with van der Waals surface area (Å²) in [6, 6.07) is 8.61. The lowest BCUT2D eigenvalue weighted by Crippen LogP contribution is -2.47. The summed E-state index contributed by atoms with van der Waals surface area (Å²) in [6.07, 6.45) is 2.73. The number of nitrogens with zero attached hydrogens (tertiary/aromatic N) is 3. The highest BCUT2D eigenvalue weighted by Crippen LogP contribution is 2.29. The highest BCUT2D eigenvalue weighted by molar-refractivity contribution is 7.89. The van der Waals surface area contributed by atoms with Crippen molar-refractivity contribution in [1.82, 2.24) is 14.1 Å². The SMILES string of the molecule is CC1CCCC(C)N1S(=O)(=O)c1ccc(NC(=O)c2ccc(=O)n(C)n2)cc1. The van der Waals surface area contributed by atoms with Crippen LogP contribution in [0.4, 0.5) is 5.69 Å². The molecule has 1 fully saturated rings. The Morgan fingerprint density at radius 1 is 1.07 bits per heavy atom. The minimum Gasteiger partial charge on any atom is -0.321 e. The molecule has 0 radical (unpaired) electrons. The summed E-state index contributed by atoms with van der Waals surface area (Å²) in [5, 5.41) is 6.55. The van der Waals surface area contributed by atoms with Crippen molar-refractivity contribution in [1.29, 1.82) is 0 Å². The second kappa shape index (κ2) is 7.84. The van der Waals surface area contributed by atoms with Crippen LogP contribution in [-0.2, 0) is 17.1 Å². The van der Waals surface area contributed by atoms with E-state index in [2.05, 4.69) is 10.4 Å². The molecule has 1 aromatic heterocycles. The molecule has 0 aliphatic carbocycles. The Bertz CT molecular complexity index is 1020. The van der Waals surface area contributed by atoms with Gasteiger partial charge in [-0.1, -0.05) is 6.42 Å². The van der Waals surface area contributed by atoms with E-state index in [0.717, 1.165) is 23.9 Å². The standard InChI is InChI=1S/C19H24N4O4S/c1-13-5-4-6-14(2)23(13)28(26,27)16-9-7-15(8-10-16)20-19(25)17-11-12-18(24)22(3)21-17/h7-14H,4-6H2,1-3H3,(H,20,25). The summed E-state index contributed by atoms with van der Waals surface area (Å²) in [7, 11) is -2.14. The number of amides is 1. The first-order valence-electron chi connectivity index (χ1n) is 9.19. The van der Waals surface area contributed by atoms with E-state index in [4.69, 9.17) is 0 Å². The first-order valence-corrected chi connectivity index (χ1v) is 10.6. The molecule has 1 saturated heterocycles. The van der Waals surface area contributed by atoms with Gasteiger partial charge in [0.2, 0.25) is 10.0 Å². The maximum atomic E-state index is 13.0.